The van der Waals surface area contributed by atoms with Crippen LogP contribution in [0.5, 0.6) is 0 Å². The van der Waals surface area contributed by atoms with Gasteiger partial charge in [-0.05, 0) is 25.7 Å². The van der Waals surface area contributed by atoms with E-state index in [1.54, 1.807) is 0 Å². The molecule has 4 amide bonds. The third-order valence-electron chi connectivity index (χ3n) is 5.94. The molecule has 168 valence electrons. The van der Waals surface area contributed by atoms with E-state index in [2.05, 4.69) is 10.6 Å². The molecule has 0 radical (unpaired) electrons. The number of hydrogen-bond donors (Lipinski definition) is 2. The maximum Gasteiger partial charge on any atom is 0.245 e. The predicted octanol–water partition coefficient (Wildman–Crippen LogP) is 0.644. The number of hydrogen-bond acceptors (Lipinski definition) is 4. The maximum absolute atomic E-state index is 13.0. The van der Waals surface area contributed by atoms with Crippen molar-refractivity contribution >= 4 is 70.0 Å². The summed E-state index contributed by atoms with van der Waals surface area (Å²) in [5, 5.41) is 5.06. The molecule has 2 N–H and O–H groups in total. The highest BCUT2D eigenvalue weighted by atomic mass is 35.5. The van der Waals surface area contributed by atoms with Gasteiger partial charge >= 0.3 is 0 Å². The van der Waals surface area contributed by atoms with Crippen LogP contribution in [-0.2, 0) is 19.2 Å². The van der Waals surface area contributed by atoms with E-state index in [1.165, 1.54) is 9.80 Å². The molecule has 3 saturated heterocycles. The second-order valence-electron chi connectivity index (χ2n) is 7.82. The summed E-state index contributed by atoms with van der Waals surface area (Å²) in [7, 11) is 0. The molecule has 12 heteroatoms. The largest absolute Gasteiger partial charge is 0.341 e. The van der Waals surface area contributed by atoms with Gasteiger partial charge in [0.1, 0.15) is 23.8 Å². The number of carbonyl (C=O) groups excluding carboxylic acids is 4. The molecule has 8 nitrogen and oxygen atoms in total. The van der Waals surface area contributed by atoms with Crippen molar-refractivity contribution in [2.45, 2.75) is 60.6 Å². The highest BCUT2D eigenvalue weighted by Crippen LogP contribution is 2.28. The average Bonchev–Trinajstić information content (AvgIpc) is 2.74. The summed E-state index contributed by atoms with van der Waals surface area (Å²) in [5.74, 6) is -1.96. The van der Waals surface area contributed by atoms with Crippen LogP contribution >= 0.6 is 46.4 Å². The molecular weight excluding hydrogens is 478 g/mol. The van der Waals surface area contributed by atoms with Crippen LogP contribution in [-0.4, -0.2) is 93.2 Å². The van der Waals surface area contributed by atoms with Crippen molar-refractivity contribution in [2.24, 2.45) is 0 Å². The van der Waals surface area contributed by atoms with Crippen LogP contribution in [0.15, 0.2) is 0 Å². The van der Waals surface area contributed by atoms with Crippen LogP contribution in [0.3, 0.4) is 0 Å². The lowest BCUT2D eigenvalue weighted by molar-refractivity contribution is -0.146. The van der Waals surface area contributed by atoms with Crippen LogP contribution in [0, 0.1) is 0 Å². The van der Waals surface area contributed by atoms with Gasteiger partial charge in [-0.15, -0.1) is 46.4 Å². The predicted molar refractivity (Wildman–Crippen MR) is 114 cm³/mol. The van der Waals surface area contributed by atoms with Crippen LogP contribution in [0.1, 0.15) is 25.7 Å². The molecule has 3 rings (SSSR count). The number of rotatable bonds is 4. The summed E-state index contributed by atoms with van der Waals surface area (Å²) in [6.45, 7) is 0.525. The standard InChI is InChI=1S/C18H24Cl4N4O4/c19-5-13(27)25-7-9(21)1-3-11(25)15-17(29)24-16(18(30)23-15)12-4-2-10(22)8-26(12)14(28)6-20/h9-12,15-16H,1-8H2,(H,23,30)(H,24,29). The van der Waals surface area contributed by atoms with E-state index in [9.17, 15) is 19.2 Å². The molecule has 0 aliphatic carbocycles. The number of carbonyl (C=O) groups is 4. The first kappa shape index (κ1) is 23.7. The van der Waals surface area contributed by atoms with E-state index in [-0.39, 0.29) is 47.4 Å². The van der Waals surface area contributed by atoms with Crippen molar-refractivity contribution < 1.29 is 19.2 Å². The molecule has 6 unspecified atom stereocenters. The summed E-state index contributed by atoms with van der Waals surface area (Å²) in [6, 6.07) is -2.89. The quantitative estimate of drug-likeness (QED) is 0.552. The summed E-state index contributed by atoms with van der Waals surface area (Å²) >= 11 is 23.8. The zero-order valence-corrected chi connectivity index (χ0v) is 19.2. The van der Waals surface area contributed by atoms with Gasteiger partial charge in [-0.2, -0.15) is 0 Å². The van der Waals surface area contributed by atoms with Gasteiger partial charge in [0, 0.05) is 13.1 Å². The van der Waals surface area contributed by atoms with Crippen molar-refractivity contribution in [3.63, 3.8) is 0 Å². The molecule has 6 atom stereocenters. The number of piperazine rings is 1. The zero-order chi connectivity index (χ0) is 22.0. The molecule has 3 aliphatic rings. The van der Waals surface area contributed by atoms with Crippen molar-refractivity contribution in [1.82, 2.24) is 20.4 Å². The molecule has 0 aromatic heterocycles. The minimum absolute atomic E-state index is 0.232. The molecule has 3 fully saturated rings. The fraction of sp³-hybridized carbons (Fsp3) is 0.778. The number of piperidine rings is 2. The lowest BCUT2D eigenvalue weighted by Crippen LogP contribution is -2.73. The van der Waals surface area contributed by atoms with Crippen LogP contribution in [0.2, 0.25) is 0 Å². The van der Waals surface area contributed by atoms with E-state index < -0.39 is 36.0 Å². The van der Waals surface area contributed by atoms with Crippen molar-refractivity contribution in [1.29, 1.82) is 0 Å². The number of halogens is 4. The Balaban J connectivity index is 1.76. The molecule has 30 heavy (non-hydrogen) atoms. The van der Waals surface area contributed by atoms with Gasteiger partial charge in [-0.25, -0.2) is 0 Å². The number of amides is 4. The van der Waals surface area contributed by atoms with E-state index in [0.717, 1.165) is 0 Å². The highest BCUT2D eigenvalue weighted by Gasteiger charge is 2.47. The molecule has 0 aromatic rings. The first-order valence-corrected chi connectivity index (χ1v) is 11.8. The Morgan fingerprint density at radius 2 is 1.13 bits per heavy atom. The molecule has 0 spiro atoms. The second-order valence-corrected chi connectivity index (χ2v) is 9.58. The fourth-order valence-corrected chi connectivity index (χ4v) is 5.33. The van der Waals surface area contributed by atoms with Crippen LogP contribution in [0.25, 0.3) is 0 Å². The molecule has 3 aliphatic heterocycles. The average molecular weight is 502 g/mol. The third kappa shape index (κ3) is 4.92. The topological polar surface area (TPSA) is 98.8 Å². The normalized spacial score (nSPS) is 34.9. The Labute approximate surface area is 194 Å². The Hall–Kier alpha value is -0.960. The number of nitrogens with one attached hydrogen (secondary N) is 2. The number of likely N-dealkylation sites (tertiary alicyclic amines) is 2. The number of nitrogens with zero attached hydrogens (tertiary/aromatic N) is 2. The SMILES string of the molecule is O=C1NC(C2CCC(Cl)CN2C(=O)CCl)C(=O)NC1C1CCC(Cl)CN1C(=O)CCl. The van der Waals surface area contributed by atoms with Crippen molar-refractivity contribution in [3.8, 4) is 0 Å². The van der Waals surface area contributed by atoms with Gasteiger partial charge in [0.25, 0.3) is 0 Å². The minimum atomic E-state index is -0.911. The first-order chi connectivity index (χ1) is 14.3. The Kier molecular flexibility index (Phi) is 7.98. The monoisotopic (exact) mass is 500 g/mol. The molecule has 3 heterocycles. The number of alkyl halides is 4. The third-order valence-corrected chi connectivity index (χ3v) is 7.11. The second kappa shape index (κ2) is 10.1. The van der Waals surface area contributed by atoms with E-state index >= 15 is 0 Å². The van der Waals surface area contributed by atoms with E-state index in [4.69, 9.17) is 46.4 Å². The van der Waals surface area contributed by atoms with Gasteiger partial charge in [-0.1, -0.05) is 0 Å². The van der Waals surface area contributed by atoms with Gasteiger partial charge in [0.2, 0.25) is 23.6 Å². The van der Waals surface area contributed by atoms with E-state index in [1.807, 2.05) is 0 Å². The van der Waals surface area contributed by atoms with Gasteiger partial charge in [-0.3, -0.25) is 19.2 Å². The van der Waals surface area contributed by atoms with E-state index in [0.29, 0.717) is 25.7 Å². The van der Waals surface area contributed by atoms with Crippen molar-refractivity contribution in [3.05, 3.63) is 0 Å². The van der Waals surface area contributed by atoms with Crippen LogP contribution in [0.4, 0.5) is 0 Å². The Morgan fingerprint density at radius 3 is 1.47 bits per heavy atom. The van der Waals surface area contributed by atoms with Gasteiger partial charge in [0.15, 0.2) is 0 Å². The summed E-state index contributed by atoms with van der Waals surface area (Å²) in [4.78, 5) is 53.4. The van der Waals surface area contributed by atoms with Crippen LogP contribution < -0.4 is 10.6 Å². The highest BCUT2D eigenvalue weighted by molar-refractivity contribution is 6.28. The molecule has 0 bridgehead atoms. The van der Waals surface area contributed by atoms with Gasteiger partial charge in [0.05, 0.1) is 22.8 Å². The lowest BCUT2D eigenvalue weighted by atomic mass is 9.89. The lowest BCUT2D eigenvalue weighted by Gasteiger charge is -2.46. The Morgan fingerprint density at radius 1 is 0.767 bits per heavy atom. The molecular formula is C18H24Cl4N4O4. The maximum atomic E-state index is 13.0. The first-order valence-electron chi connectivity index (χ1n) is 9.86. The summed E-state index contributed by atoms with van der Waals surface area (Å²) in [5.41, 5.74) is 0. The fourth-order valence-electron chi connectivity index (χ4n) is 4.47. The molecule has 0 saturated carbocycles. The minimum Gasteiger partial charge on any atom is -0.341 e. The van der Waals surface area contributed by atoms with Gasteiger partial charge < -0.3 is 20.4 Å². The summed E-state index contributed by atoms with van der Waals surface area (Å²) < 4.78 is 0. The smallest absolute Gasteiger partial charge is 0.245 e. The summed E-state index contributed by atoms with van der Waals surface area (Å²) in [6.07, 6.45) is 2.15. The zero-order valence-electron chi connectivity index (χ0n) is 16.2. The Bertz CT molecular complexity index is 654. The van der Waals surface area contributed by atoms with Crippen molar-refractivity contribution in [2.75, 3.05) is 24.8 Å². The molecule has 0 aromatic carbocycles.